The van der Waals surface area contributed by atoms with Crippen molar-refractivity contribution in [1.29, 1.82) is 0 Å². The molecule has 0 amide bonds. The molecule has 0 saturated heterocycles. The number of ether oxygens (including phenoxy) is 1. The number of benzene rings is 2. The molecule has 1 aliphatic carbocycles. The first-order valence-corrected chi connectivity index (χ1v) is 8.11. The maximum atomic E-state index is 6.30. The molecule has 2 aromatic rings. The van der Waals surface area contributed by atoms with Crippen LogP contribution in [0.3, 0.4) is 0 Å². The van der Waals surface area contributed by atoms with Crippen LogP contribution in [0.5, 0.6) is 11.5 Å². The van der Waals surface area contributed by atoms with Crippen molar-refractivity contribution < 1.29 is 4.74 Å². The number of hydrogen-bond donors (Lipinski definition) is 1. The van der Waals surface area contributed by atoms with Gasteiger partial charge >= 0.3 is 0 Å². The zero-order valence-corrected chi connectivity index (χ0v) is 13.8. The maximum Gasteiger partial charge on any atom is 0.146 e. The molecule has 1 saturated carbocycles. The first kappa shape index (κ1) is 14.2. The summed E-state index contributed by atoms with van der Waals surface area (Å²) in [7, 11) is 0. The van der Waals surface area contributed by atoms with E-state index in [1.54, 1.807) is 0 Å². The van der Waals surface area contributed by atoms with Crippen LogP contribution in [0.4, 0.5) is 0 Å². The molecule has 0 spiro atoms. The Morgan fingerprint density at radius 3 is 2.75 bits per heavy atom. The topological polar surface area (TPSA) is 21.3 Å². The molecule has 0 radical (unpaired) electrons. The fraction of sp³-hybridized carbons (Fsp3) is 0.250. The number of hydrogen-bond acceptors (Lipinski definition) is 2. The van der Waals surface area contributed by atoms with E-state index in [9.17, 15) is 0 Å². The van der Waals surface area contributed by atoms with Crippen LogP contribution in [0.15, 0.2) is 42.5 Å². The third-order valence-electron chi connectivity index (χ3n) is 3.19. The zero-order chi connectivity index (χ0) is 13.9. The van der Waals surface area contributed by atoms with Gasteiger partial charge in [0, 0.05) is 16.2 Å². The second kappa shape index (κ2) is 6.33. The summed E-state index contributed by atoms with van der Waals surface area (Å²) in [4.78, 5) is 0. The predicted octanol–water partition coefficient (Wildman–Crippen LogP) is 4.99. The Morgan fingerprint density at radius 2 is 2.05 bits per heavy atom. The van der Waals surface area contributed by atoms with Crippen molar-refractivity contribution in [3.63, 3.8) is 0 Å². The molecule has 4 heteroatoms. The van der Waals surface area contributed by atoms with E-state index in [1.807, 2.05) is 36.4 Å². The molecule has 0 aromatic heterocycles. The van der Waals surface area contributed by atoms with Gasteiger partial charge in [-0.1, -0.05) is 23.7 Å². The van der Waals surface area contributed by atoms with Gasteiger partial charge in [-0.2, -0.15) is 0 Å². The number of nitrogens with one attached hydrogen (secondary N) is 1. The molecule has 1 aliphatic rings. The van der Waals surface area contributed by atoms with Crippen molar-refractivity contribution in [2.75, 3.05) is 0 Å². The molecule has 1 N–H and O–H groups in total. The molecule has 0 atom stereocenters. The SMILES string of the molecule is Clc1cc(CNC2CC2)ccc1Oc1cccc(I)c1. The van der Waals surface area contributed by atoms with E-state index in [0.29, 0.717) is 16.8 Å². The Bertz CT molecular complexity index is 613. The summed E-state index contributed by atoms with van der Waals surface area (Å²) in [5.74, 6) is 1.51. The van der Waals surface area contributed by atoms with Gasteiger partial charge in [0.05, 0.1) is 5.02 Å². The summed E-state index contributed by atoms with van der Waals surface area (Å²) in [5, 5.41) is 4.13. The minimum atomic E-state index is 0.652. The second-order valence-electron chi connectivity index (χ2n) is 4.98. The van der Waals surface area contributed by atoms with Crippen LogP contribution < -0.4 is 10.1 Å². The largest absolute Gasteiger partial charge is 0.456 e. The van der Waals surface area contributed by atoms with Crippen molar-refractivity contribution in [3.8, 4) is 11.5 Å². The van der Waals surface area contributed by atoms with Crippen LogP contribution in [0.25, 0.3) is 0 Å². The van der Waals surface area contributed by atoms with Crippen molar-refractivity contribution in [1.82, 2.24) is 5.32 Å². The van der Waals surface area contributed by atoms with Gasteiger partial charge in [0.25, 0.3) is 0 Å². The Labute approximate surface area is 137 Å². The van der Waals surface area contributed by atoms with Gasteiger partial charge in [-0.25, -0.2) is 0 Å². The van der Waals surface area contributed by atoms with Crippen molar-refractivity contribution in [2.24, 2.45) is 0 Å². The van der Waals surface area contributed by atoms with Gasteiger partial charge in [-0.05, 0) is 71.3 Å². The van der Waals surface area contributed by atoms with Crippen LogP contribution in [0, 0.1) is 3.57 Å². The lowest BCUT2D eigenvalue weighted by Crippen LogP contribution is -2.15. The predicted molar refractivity (Wildman–Crippen MR) is 90.5 cm³/mol. The average molecular weight is 400 g/mol. The molecule has 20 heavy (non-hydrogen) atoms. The van der Waals surface area contributed by atoms with Crippen molar-refractivity contribution in [3.05, 3.63) is 56.6 Å². The maximum absolute atomic E-state index is 6.30. The van der Waals surface area contributed by atoms with Crippen LogP contribution in [0.1, 0.15) is 18.4 Å². The summed E-state index contributed by atoms with van der Waals surface area (Å²) < 4.78 is 6.97. The summed E-state index contributed by atoms with van der Waals surface area (Å²) in [6, 6.07) is 14.6. The van der Waals surface area contributed by atoms with Crippen molar-refractivity contribution >= 4 is 34.2 Å². The smallest absolute Gasteiger partial charge is 0.146 e. The molecule has 0 heterocycles. The first-order valence-electron chi connectivity index (χ1n) is 6.66. The second-order valence-corrected chi connectivity index (χ2v) is 6.63. The van der Waals surface area contributed by atoms with E-state index in [-0.39, 0.29) is 0 Å². The van der Waals surface area contributed by atoms with Crippen molar-refractivity contribution in [2.45, 2.75) is 25.4 Å². The third kappa shape index (κ3) is 3.87. The fourth-order valence-electron chi connectivity index (χ4n) is 1.94. The highest BCUT2D eigenvalue weighted by Gasteiger charge is 2.20. The summed E-state index contributed by atoms with van der Waals surface area (Å²) in [6.45, 7) is 0.869. The van der Waals surface area contributed by atoms with E-state index >= 15 is 0 Å². The molecule has 3 rings (SSSR count). The van der Waals surface area contributed by atoms with E-state index < -0.39 is 0 Å². The highest BCUT2D eigenvalue weighted by atomic mass is 127. The molecule has 0 bridgehead atoms. The van der Waals surface area contributed by atoms with Gasteiger partial charge in [0.15, 0.2) is 0 Å². The third-order valence-corrected chi connectivity index (χ3v) is 4.16. The molecule has 0 unspecified atom stereocenters. The Morgan fingerprint density at radius 1 is 1.20 bits per heavy atom. The molecule has 1 fully saturated rings. The highest BCUT2D eigenvalue weighted by molar-refractivity contribution is 14.1. The molecule has 104 valence electrons. The van der Waals surface area contributed by atoms with Gasteiger partial charge in [0.1, 0.15) is 11.5 Å². The molecule has 2 nitrogen and oxygen atoms in total. The fourth-order valence-corrected chi connectivity index (χ4v) is 2.70. The lowest BCUT2D eigenvalue weighted by atomic mass is 10.2. The molecule has 0 aliphatic heterocycles. The summed E-state index contributed by atoms with van der Waals surface area (Å²) in [6.07, 6.45) is 2.59. The number of halogens is 2. The van der Waals surface area contributed by atoms with Crippen LogP contribution in [-0.2, 0) is 6.54 Å². The van der Waals surface area contributed by atoms with Gasteiger partial charge < -0.3 is 10.1 Å². The Hall–Kier alpha value is -0.780. The van der Waals surface area contributed by atoms with E-state index in [4.69, 9.17) is 16.3 Å². The van der Waals surface area contributed by atoms with E-state index in [0.717, 1.165) is 15.9 Å². The Balaban J connectivity index is 1.69. The standard InChI is InChI=1S/C16H15ClINO/c17-15-8-11(10-19-13-5-6-13)4-7-16(15)20-14-3-1-2-12(18)9-14/h1-4,7-9,13,19H,5-6,10H2. The molecular weight excluding hydrogens is 385 g/mol. The highest BCUT2D eigenvalue weighted by Crippen LogP contribution is 2.31. The monoisotopic (exact) mass is 399 g/mol. The van der Waals surface area contributed by atoms with Gasteiger partial charge in [-0.15, -0.1) is 0 Å². The summed E-state index contributed by atoms with van der Waals surface area (Å²) >= 11 is 8.56. The molecule has 2 aromatic carbocycles. The minimum absolute atomic E-state index is 0.652. The van der Waals surface area contributed by atoms with Crippen LogP contribution in [0.2, 0.25) is 5.02 Å². The normalized spacial score (nSPS) is 14.3. The average Bonchev–Trinajstić information content (AvgIpc) is 3.23. The van der Waals surface area contributed by atoms with Crippen LogP contribution >= 0.6 is 34.2 Å². The van der Waals surface area contributed by atoms with E-state index in [2.05, 4.69) is 34.0 Å². The van der Waals surface area contributed by atoms with Gasteiger partial charge in [-0.3, -0.25) is 0 Å². The first-order chi connectivity index (χ1) is 9.70. The molecular formula is C16H15ClINO. The van der Waals surface area contributed by atoms with Gasteiger partial charge in [0.2, 0.25) is 0 Å². The lowest BCUT2D eigenvalue weighted by molar-refractivity contribution is 0.482. The Kier molecular flexibility index (Phi) is 4.48. The summed E-state index contributed by atoms with van der Waals surface area (Å²) in [5.41, 5.74) is 1.19. The van der Waals surface area contributed by atoms with E-state index in [1.165, 1.54) is 18.4 Å². The lowest BCUT2D eigenvalue weighted by Gasteiger charge is -2.10. The zero-order valence-electron chi connectivity index (χ0n) is 10.9. The quantitative estimate of drug-likeness (QED) is 0.715. The minimum Gasteiger partial charge on any atom is -0.456 e. The number of rotatable bonds is 5. The van der Waals surface area contributed by atoms with Crippen LogP contribution in [-0.4, -0.2) is 6.04 Å².